The molecule has 15 heteroatoms. The van der Waals surface area contributed by atoms with Gasteiger partial charge in [-0.3, -0.25) is 29.2 Å². The highest BCUT2D eigenvalue weighted by Crippen LogP contribution is 2.07. The predicted octanol–water partition coefficient (Wildman–Crippen LogP) is -2.92. The maximum atomic E-state index is 13.2. The van der Waals surface area contributed by atoms with Crippen LogP contribution in [0.2, 0.25) is 0 Å². The van der Waals surface area contributed by atoms with Gasteiger partial charge in [-0.15, -0.1) is 0 Å². The fourth-order valence-electron chi connectivity index (χ4n) is 3.44. The Bertz CT molecular complexity index is 809. The first-order valence-corrected chi connectivity index (χ1v) is 12.8. The molecule has 218 valence electrons. The number of carbonyl (C=O) groups is 4. The van der Waals surface area contributed by atoms with Crippen LogP contribution < -0.4 is 49.9 Å². The van der Waals surface area contributed by atoms with Gasteiger partial charge >= 0.3 is 0 Å². The third kappa shape index (κ3) is 16.2. The number of amides is 4. The molecule has 0 saturated heterocycles. The Morgan fingerprint density at radius 1 is 0.711 bits per heavy atom. The molecule has 0 aromatic rings. The van der Waals surface area contributed by atoms with Gasteiger partial charge < -0.3 is 49.9 Å². The van der Waals surface area contributed by atoms with E-state index >= 15 is 0 Å². The van der Waals surface area contributed by atoms with Crippen molar-refractivity contribution >= 4 is 35.5 Å². The smallest absolute Gasteiger partial charge is 0.243 e. The number of guanidine groups is 2. The second kappa shape index (κ2) is 19.5. The van der Waals surface area contributed by atoms with Gasteiger partial charge in [0.1, 0.15) is 18.1 Å². The van der Waals surface area contributed by atoms with Gasteiger partial charge in [-0.1, -0.05) is 13.8 Å². The summed E-state index contributed by atoms with van der Waals surface area (Å²) in [4.78, 5) is 58.5. The van der Waals surface area contributed by atoms with Crippen LogP contribution in [-0.4, -0.2) is 79.9 Å². The van der Waals surface area contributed by atoms with E-state index in [2.05, 4.69) is 31.3 Å². The number of nitrogens with two attached hydrogens (primary N) is 5. The molecular weight excluding hydrogens is 494 g/mol. The second-order valence-corrected chi connectivity index (χ2v) is 9.23. The number of aliphatic imine (C=N–C) groups is 2. The minimum atomic E-state index is -0.957. The van der Waals surface area contributed by atoms with Crippen molar-refractivity contribution in [1.29, 1.82) is 0 Å². The molecular formula is C23H47N11O4. The van der Waals surface area contributed by atoms with E-state index in [1.54, 1.807) is 13.8 Å². The molecule has 0 aromatic carbocycles. The van der Waals surface area contributed by atoms with Crippen LogP contribution in [0.25, 0.3) is 0 Å². The van der Waals surface area contributed by atoms with Crippen molar-refractivity contribution in [3.8, 4) is 0 Å². The number of carbonyl (C=O) groups excluding carboxylic acids is 4. The van der Waals surface area contributed by atoms with Crippen LogP contribution in [0.5, 0.6) is 0 Å². The van der Waals surface area contributed by atoms with Gasteiger partial charge in [-0.25, -0.2) is 0 Å². The van der Waals surface area contributed by atoms with Crippen molar-refractivity contribution in [3.63, 3.8) is 0 Å². The van der Waals surface area contributed by atoms with Crippen molar-refractivity contribution in [1.82, 2.24) is 21.3 Å². The Balaban J connectivity index is 5.43. The Hall–Kier alpha value is -3.62. The maximum absolute atomic E-state index is 13.2. The molecule has 0 heterocycles. The van der Waals surface area contributed by atoms with E-state index in [4.69, 9.17) is 28.7 Å². The molecule has 0 bridgehead atoms. The van der Waals surface area contributed by atoms with Crippen LogP contribution in [-0.2, 0) is 19.2 Å². The van der Waals surface area contributed by atoms with Crippen LogP contribution in [0.1, 0.15) is 59.3 Å². The first-order valence-electron chi connectivity index (χ1n) is 12.8. The highest BCUT2D eigenvalue weighted by Gasteiger charge is 2.30. The summed E-state index contributed by atoms with van der Waals surface area (Å²) >= 11 is 0. The predicted molar refractivity (Wildman–Crippen MR) is 147 cm³/mol. The fourth-order valence-corrected chi connectivity index (χ4v) is 3.44. The summed E-state index contributed by atoms with van der Waals surface area (Å²) < 4.78 is 0. The summed E-state index contributed by atoms with van der Waals surface area (Å²) in [6.07, 6.45) is 2.87. The van der Waals surface area contributed by atoms with Crippen molar-refractivity contribution in [3.05, 3.63) is 0 Å². The summed E-state index contributed by atoms with van der Waals surface area (Å²) in [6.45, 7) is 6.31. The molecule has 0 aliphatic heterocycles. The van der Waals surface area contributed by atoms with E-state index in [0.717, 1.165) is 6.42 Å². The average Bonchev–Trinajstić information content (AvgIpc) is 2.82. The van der Waals surface area contributed by atoms with E-state index in [1.807, 2.05) is 0 Å². The van der Waals surface area contributed by atoms with Gasteiger partial charge in [0.15, 0.2) is 11.9 Å². The summed E-state index contributed by atoms with van der Waals surface area (Å²) in [7, 11) is 0. The van der Waals surface area contributed by atoms with Gasteiger partial charge in [0.05, 0.1) is 0 Å². The molecule has 4 amide bonds. The highest BCUT2D eigenvalue weighted by molar-refractivity contribution is 5.94. The average molecular weight is 542 g/mol. The van der Waals surface area contributed by atoms with E-state index in [-0.39, 0.29) is 49.7 Å². The van der Waals surface area contributed by atoms with E-state index < -0.39 is 35.8 Å². The van der Waals surface area contributed by atoms with Crippen molar-refractivity contribution in [2.45, 2.75) is 77.4 Å². The zero-order valence-corrected chi connectivity index (χ0v) is 22.8. The molecule has 0 fully saturated rings. The van der Waals surface area contributed by atoms with Gasteiger partial charge in [-0.05, 0) is 51.0 Å². The minimum Gasteiger partial charge on any atom is -0.370 e. The number of nitrogens with one attached hydrogen (secondary N) is 4. The number of rotatable bonds is 19. The third-order valence-electron chi connectivity index (χ3n) is 5.39. The monoisotopic (exact) mass is 541 g/mol. The lowest BCUT2D eigenvalue weighted by atomic mass is 10.0. The minimum absolute atomic E-state index is 0.0635. The fraction of sp³-hybridized carbons (Fsp3) is 0.739. The van der Waals surface area contributed by atoms with E-state index in [0.29, 0.717) is 32.4 Å². The number of hydrogen-bond donors (Lipinski definition) is 9. The quantitative estimate of drug-likeness (QED) is 0.0459. The van der Waals surface area contributed by atoms with Gasteiger partial charge in [0, 0.05) is 26.6 Å². The van der Waals surface area contributed by atoms with Crippen molar-refractivity contribution in [2.24, 2.45) is 44.6 Å². The Kier molecular flexibility index (Phi) is 17.6. The molecule has 0 aliphatic rings. The summed E-state index contributed by atoms with van der Waals surface area (Å²) in [5, 5.41) is 10.8. The molecule has 14 N–H and O–H groups in total. The topological polar surface area (TPSA) is 271 Å². The van der Waals surface area contributed by atoms with Crippen LogP contribution in [0, 0.1) is 5.92 Å². The standard InChI is InChI=1S/C23H47N11O4/c1-14(2)18(34-20(37)17(32-15(3)35)9-7-13-31-23(27)28)21(38)33-16(8-6-12-30-22(25)26)19(36)29-11-5-4-10-24/h14,16-18H,4-13,24H2,1-3H3,(H,29,36)(H,32,35)(H,33,38)(H,34,37)(H4,25,26,30)(H4,27,28,31)/t16-,17-,18-/m0/s1. The number of hydrogen-bond acceptors (Lipinski definition) is 7. The molecule has 0 rings (SSSR count). The lowest BCUT2D eigenvalue weighted by Gasteiger charge is -2.27. The lowest BCUT2D eigenvalue weighted by Crippen LogP contribution is -2.58. The van der Waals surface area contributed by atoms with Gasteiger partial charge in [0.2, 0.25) is 23.6 Å². The second-order valence-electron chi connectivity index (χ2n) is 9.23. The molecule has 0 saturated carbocycles. The van der Waals surface area contributed by atoms with Crippen molar-refractivity contribution in [2.75, 3.05) is 26.2 Å². The largest absolute Gasteiger partial charge is 0.370 e. The Morgan fingerprint density at radius 3 is 1.68 bits per heavy atom. The molecule has 0 aliphatic carbocycles. The van der Waals surface area contributed by atoms with Gasteiger partial charge in [-0.2, -0.15) is 0 Å². The number of nitrogens with zero attached hydrogens (tertiary/aromatic N) is 2. The number of unbranched alkanes of at least 4 members (excludes halogenated alkanes) is 1. The van der Waals surface area contributed by atoms with Crippen LogP contribution >= 0.6 is 0 Å². The molecule has 0 spiro atoms. The zero-order valence-electron chi connectivity index (χ0n) is 22.8. The Labute approximate surface area is 224 Å². The first kappa shape index (κ1) is 34.4. The van der Waals surface area contributed by atoms with E-state index in [1.165, 1.54) is 6.92 Å². The lowest BCUT2D eigenvalue weighted by molar-refractivity contribution is -0.134. The summed E-state index contributed by atoms with van der Waals surface area (Å²) in [5.41, 5.74) is 26.8. The summed E-state index contributed by atoms with van der Waals surface area (Å²) in [5.74, 6) is -2.26. The van der Waals surface area contributed by atoms with Crippen molar-refractivity contribution < 1.29 is 19.2 Å². The van der Waals surface area contributed by atoms with Gasteiger partial charge in [0.25, 0.3) is 0 Å². The molecule has 3 atom stereocenters. The molecule has 38 heavy (non-hydrogen) atoms. The maximum Gasteiger partial charge on any atom is 0.243 e. The van der Waals surface area contributed by atoms with Crippen LogP contribution in [0.15, 0.2) is 9.98 Å². The van der Waals surface area contributed by atoms with Crippen LogP contribution in [0.4, 0.5) is 0 Å². The SMILES string of the molecule is CC(=O)N[C@@H](CCCN=C(N)N)C(=O)N[C@H](C(=O)N[C@@H](CCCN=C(N)N)C(=O)NCCCCN)C(C)C. The Morgan fingerprint density at radius 2 is 1.24 bits per heavy atom. The highest BCUT2D eigenvalue weighted by atomic mass is 16.2. The third-order valence-corrected chi connectivity index (χ3v) is 5.39. The molecule has 0 radical (unpaired) electrons. The molecule has 15 nitrogen and oxygen atoms in total. The molecule has 0 unspecified atom stereocenters. The summed E-state index contributed by atoms with van der Waals surface area (Å²) in [6, 6.07) is -2.71. The van der Waals surface area contributed by atoms with E-state index in [9.17, 15) is 19.2 Å². The zero-order chi connectivity index (χ0) is 29.1. The normalized spacial score (nSPS) is 13.0. The first-order chi connectivity index (χ1) is 17.9. The van der Waals surface area contributed by atoms with Crippen LogP contribution in [0.3, 0.4) is 0 Å². The molecule has 0 aromatic heterocycles.